The lowest BCUT2D eigenvalue weighted by molar-refractivity contribution is 0.0948. The summed E-state index contributed by atoms with van der Waals surface area (Å²) in [5.41, 5.74) is 0.298. The number of hydrogen-bond donors (Lipinski definition) is 1. The van der Waals surface area contributed by atoms with E-state index in [2.05, 4.69) is 5.32 Å². The second-order valence-electron chi connectivity index (χ2n) is 5.47. The van der Waals surface area contributed by atoms with Crippen molar-refractivity contribution in [1.29, 1.82) is 0 Å². The molecule has 24 heavy (non-hydrogen) atoms. The van der Waals surface area contributed by atoms with E-state index in [1.165, 1.54) is 22.7 Å². The van der Waals surface area contributed by atoms with Crippen LogP contribution in [-0.2, 0) is 16.6 Å². The summed E-state index contributed by atoms with van der Waals surface area (Å²) >= 11 is 0. The van der Waals surface area contributed by atoms with E-state index >= 15 is 0 Å². The van der Waals surface area contributed by atoms with Crippen molar-refractivity contribution >= 4 is 15.9 Å². The Morgan fingerprint density at radius 1 is 1.25 bits per heavy atom. The van der Waals surface area contributed by atoms with Gasteiger partial charge < -0.3 is 9.73 Å². The minimum atomic E-state index is -3.59. The maximum atomic E-state index is 12.5. The zero-order valence-corrected chi connectivity index (χ0v) is 14.7. The van der Waals surface area contributed by atoms with Crippen molar-refractivity contribution in [1.82, 2.24) is 9.62 Å². The average molecular weight is 350 g/mol. The third-order valence-corrected chi connectivity index (χ3v) is 5.49. The van der Waals surface area contributed by atoms with Gasteiger partial charge in [0.05, 0.1) is 17.7 Å². The molecule has 0 atom stereocenters. The number of unbranched alkanes of at least 4 members (excludes halogenated alkanes) is 1. The van der Waals surface area contributed by atoms with Crippen LogP contribution in [-0.4, -0.2) is 32.2 Å². The van der Waals surface area contributed by atoms with Crippen LogP contribution >= 0.6 is 0 Å². The van der Waals surface area contributed by atoms with Crippen LogP contribution in [0.3, 0.4) is 0 Å². The molecule has 0 radical (unpaired) electrons. The van der Waals surface area contributed by atoms with E-state index in [9.17, 15) is 13.2 Å². The van der Waals surface area contributed by atoms with Crippen LogP contribution in [0.1, 0.15) is 35.9 Å². The fourth-order valence-electron chi connectivity index (χ4n) is 2.16. The SMILES string of the molecule is CCCCN(C)S(=O)(=O)c1cccc(C(=O)NCc2ccco2)c1. The minimum Gasteiger partial charge on any atom is -0.467 e. The number of carbonyl (C=O) groups is 1. The van der Waals surface area contributed by atoms with Crippen LogP contribution in [0.5, 0.6) is 0 Å². The van der Waals surface area contributed by atoms with Crippen LogP contribution < -0.4 is 5.32 Å². The molecule has 130 valence electrons. The summed E-state index contributed by atoms with van der Waals surface area (Å²) in [4.78, 5) is 12.3. The highest BCUT2D eigenvalue weighted by Gasteiger charge is 2.21. The normalized spacial score (nSPS) is 11.6. The summed E-state index contributed by atoms with van der Waals surface area (Å²) in [6.45, 7) is 2.71. The Hall–Kier alpha value is -2.12. The molecule has 0 fully saturated rings. The van der Waals surface area contributed by atoms with Gasteiger partial charge in [-0.15, -0.1) is 0 Å². The number of sulfonamides is 1. The fourth-order valence-corrected chi connectivity index (χ4v) is 3.42. The van der Waals surface area contributed by atoms with Crippen molar-refractivity contribution in [2.45, 2.75) is 31.2 Å². The summed E-state index contributed by atoms with van der Waals surface area (Å²) in [5.74, 6) is 0.283. The standard InChI is InChI=1S/C17H22N2O4S/c1-3-4-10-19(2)24(21,22)16-9-5-7-14(12-16)17(20)18-13-15-8-6-11-23-15/h5-9,11-12H,3-4,10,13H2,1-2H3,(H,18,20). The average Bonchev–Trinajstić information content (AvgIpc) is 3.11. The van der Waals surface area contributed by atoms with Crippen molar-refractivity contribution in [3.8, 4) is 0 Å². The van der Waals surface area contributed by atoms with Gasteiger partial charge in [-0.1, -0.05) is 19.4 Å². The van der Waals surface area contributed by atoms with Gasteiger partial charge in [-0.05, 0) is 36.8 Å². The van der Waals surface area contributed by atoms with Gasteiger partial charge in [0.25, 0.3) is 5.91 Å². The molecule has 0 spiro atoms. The quantitative estimate of drug-likeness (QED) is 0.794. The van der Waals surface area contributed by atoms with Gasteiger partial charge in [-0.2, -0.15) is 0 Å². The number of amides is 1. The number of nitrogens with zero attached hydrogens (tertiary/aromatic N) is 1. The van der Waals surface area contributed by atoms with Crippen LogP contribution in [0, 0.1) is 0 Å². The van der Waals surface area contributed by atoms with E-state index in [0.29, 0.717) is 17.9 Å². The zero-order chi connectivity index (χ0) is 17.6. The monoisotopic (exact) mass is 350 g/mol. The molecule has 6 nitrogen and oxygen atoms in total. The predicted octanol–water partition coefficient (Wildman–Crippen LogP) is 2.63. The largest absolute Gasteiger partial charge is 0.467 e. The van der Waals surface area contributed by atoms with Gasteiger partial charge in [0.1, 0.15) is 5.76 Å². The Labute approximate surface area is 142 Å². The molecule has 0 saturated heterocycles. The van der Waals surface area contributed by atoms with Crippen LogP contribution in [0.2, 0.25) is 0 Å². The van der Waals surface area contributed by atoms with Crippen LogP contribution in [0.15, 0.2) is 52.0 Å². The lowest BCUT2D eigenvalue weighted by Crippen LogP contribution is -2.28. The number of carbonyl (C=O) groups excluding carboxylic acids is 1. The third-order valence-electron chi connectivity index (χ3n) is 3.63. The molecular weight excluding hydrogens is 328 g/mol. The van der Waals surface area contributed by atoms with Gasteiger partial charge in [-0.3, -0.25) is 4.79 Å². The topological polar surface area (TPSA) is 79.6 Å². The highest BCUT2D eigenvalue weighted by atomic mass is 32.2. The molecule has 0 aliphatic carbocycles. The molecule has 0 aliphatic rings. The molecule has 2 aromatic rings. The molecule has 0 saturated carbocycles. The van der Waals surface area contributed by atoms with Crippen LogP contribution in [0.25, 0.3) is 0 Å². The molecule has 1 heterocycles. The minimum absolute atomic E-state index is 0.117. The van der Waals surface area contributed by atoms with Crippen molar-refractivity contribution in [2.75, 3.05) is 13.6 Å². The van der Waals surface area contributed by atoms with Gasteiger partial charge in [0.2, 0.25) is 10.0 Å². The predicted molar refractivity (Wildman–Crippen MR) is 91.0 cm³/mol. The Morgan fingerprint density at radius 2 is 2.04 bits per heavy atom. The molecule has 0 unspecified atom stereocenters. The molecule has 7 heteroatoms. The molecule has 0 aliphatic heterocycles. The van der Waals surface area contributed by atoms with Gasteiger partial charge in [0.15, 0.2) is 0 Å². The molecule has 1 N–H and O–H groups in total. The molecule has 1 aromatic carbocycles. The molecule has 1 amide bonds. The van der Waals surface area contributed by atoms with E-state index in [4.69, 9.17) is 4.42 Å². The zero-order valence-electron chi connectivity index (χ0n) is 13.9. The number of furan rings is 1. The second-order valence-corrected chi connectivity index (χ2v) is 7.51. The Morgan fingerprint density at radius 3 is 2.71 bits per heavy atom. The maximum absolute atomic E-state index is 12.5. The molecule has 0 bridgehead atoms. The molecule has 2 rings (SSSR count). The highest BCUT2D eigenvalue weighted by Crippen LogP contribution is 2.16. The van der Waals surface area contributed by atoms with E-state index in [0.717, 1.165) is 12.8 Å². The Bertz CT molecular complexity index is 770. The first-order chi connectivity index (χ1) is 11.4. The van der Waals surface area contributed by atoms with Crippen molar-refractivity contribution in [3.05, 3.63) is 54.0 Å². The number of hydrogen-bond acceptors (Lipinski definition) is 4. The summed E-state index contributed by atoms with van der Waals surface area (Å²) < 4.78 is 31.5. The maximum Gasteiger partial charge on any atom is 0.251 e. The van der Waals surface area contributed by atoms with E-state index < -0.39 is 10.0 Å². The second kappa shape index (κ2) is 8.12. The highest BCUT2D eigenvalue weighted by molar-refractivity contribution is 7.89. The summed E-state index contributed by atoms with van der Waals surface area (Å²) in [6.07, 6.45) is 3.23. The number of rotatable bonds is 8. The van der Waals surface area contributed by atoms with Crippen molar-refractivity contribution in [2.24, 2.45) is 0 Å². The first-order valence-electron chi connectivity index (χ1n) is 7.82. The lowest BCUT2D eigenvalue weighted by atomic mass is 10.2. The third kappa shape index (κ3) is 4.46. The molecule has 1 aromatic heterocycles. The first-order valence-corrected chi connectivity index (χ1v) is 9.26. The van der Waals surface area contributed by atoms with Gasteiger partial charge in [-0.25, -0.2) is 12.7 Å². The summed E-state index contributed by atoms with van der Waals surface area (Å²) in [7, 11) is -2.04. The number of nitrogens with one attached hydrogen (secondary N) is 1. The van der Waals surface area contributed by atoms with E-state index in [-0.39, 0.29) is 17.3 Å². The van der Waals surface area contributed by atoms with E-state index in [1.807, 2.05) is 6.92 Å². The fraction of sp³-hybridized carbons (Fsp3) is 0.353. The van der Waals surface area contributed by atoms with Crippen molar-refractivity contribution in [3.63, 3.8) is 0 Å². The lowest BCUT2D eigenvalue weighted by Gasteiger charge is -2.17. The summed E-state index contributed by atoms with van der Waals surface area (Å²) in [6, 6.07) is 9.55. The molecular formula is C17H22N2O4S. The summed E-state index contributed by atoms with van der Waals surface area (Å²) in [5, 5.41) is 2.70. The van der Waals surface area contributed by atoms with E-state index in [1.54, 1.807) is 31.3 Å². The first kappa shape index (κ1) is 18.2. The Balaban J connectivity index is 2.11. The Kier molecular flexibility index (Phi) is 6.16. The number of benzene rings is 1. The smallest absolute Gasteiger partial charge is 0.251 e. The van der Waals surface area contributed by atoms with Gasteiger partial charge in [0, 0.05) is 19.2 Å². The van der Waals surface area contributed by atoms with Gasteiger partial charge >= 0.3 is 0 Å². The van der Waals surface area contributed by atoms with Crippen molar-refractivity contribution < 1.29 is 17.6 Å². The van der Waals surface area contributed by atoms with Crippen LogP contribution in [0.4, 0.5) is 0 Å².